The summed E-state index contributed by atoms with van der Waals surface area (Å²) in [5.74, 6) is -5.12. The molecule has 0 amide bonds. The Kier molecular flexibility index (Phi) is 31.0. The molecule has 5 aliphatic rings. The molecule has 4 saturated heterocycles. The second-order valence-corrected chi connectivity index (χ2v) is 46.4. The standard InChI is InChI=1S/C20H25F3N2O6S2.C20H25F3N2O4S2.C19H22F3NO5S2.C18H23BrN2O4S/c1-14-5-4-6-15(9-14)33(28,29)19(2)7-8-31-17(11-19)16-10-18(24-25(16)13-30-3)32(26,27)12-20(21,22)23;1-14-5-4-6-15(9-14)31(26,27)19(2)7-8-29-17(11-19)16-10-18(24-25(16)13-28-3)30-12-20(21,22)23;1-13-4-3-5-15(8-13)30(26,27)18(2)6-7-28-16(10-18)14-9-17(23-11-14)29(24,25)12-19(20,21)22;1-13-5-4-6-14(9-13)26(22,23)18(2)7-8-25-16(11-18)15-10-17(19)20-21(15)12-24-3/h4-6,9-10,17H,7-8,11-13H2,1-3H3;4-6,9-10,17H,7-8,11-13H2,1-3H3;3-5,8-9,16H,6-7,10-12H2,1-2H3;4-6,9-10,16H,7-8,11-12H2,1-3H3. The summed E-state index contributed by atoms with van der Waals surface area (Å²) in [4.78, 5) is 4.70. The van der Waals surface area contributed by atoms with Gasteiger partial charge < -0.3 is 33.2 Å². The number of alkyl halides is 9. The van der Waals surface area contributed by atoms with Gasteiger partial charge in [-0.2, -0.15) is 54.8 Å². The maximum absolute atomic E-state index is 13.4. The van der Waals surface area contributed by atoms with Gasteiger partial charge in [-0.3, -0.25) is 4.99 Å². The van der Waals surface area contributed by atoms with E-state index < -0.39 is 142 Å². The molecule has 3 aromatic heterocycles. The van der Waals surface area contributed by atoms with Gasteiger partial charge in [0.15, 0.2) is 60.9 Å². The lowest BCUT2D eigenvalue weighted by molar-refractivity contribution is -0.107. The van der Waals surface area contributed by atoms with E-state index in [0.29, 0.717) is 58.4 Å². The van der Waals surface area contributed by atoms with Crippen LogP contribution in [0.5, 0.6) is 0 Å². The molecule has 0 aliphatic carbocycles. The number of thioether (sulfide) groups is 1. The molecule has 0 bridgehead atoms. The maximum Gasteiger partial charge on any atom is 0.403 e. The highest BCUT2D eigenvalue weighted by atomic mass is 79.9. The zero-order valence-corrected chi connectivity index (χ0v) is 74.6. The molecule has 0 N–H and O–H groups in total. The molecule has 8 heterocycles. The van der Waals surface area contributed by atoms with Crippen molar-refractivity contribution >= 4 is 91.8 Å². The first kappa shape index (κ1) is 97.3. The van der Waals surface area contributed by atoms with E-state index >= 15 is 0 Å². The van der Waals surface area contributed by atoms with E-state index in [1.54, 1.807) is 119 Å². The number of aryl methyl sites for hydroxylation is 4. The molecule has 0 saturated carbocycles. The van der Waals surface area contributed by atoms with Crippen molar-refractivity contribution in [1.82, 2.24) is 29.3 Å². The smallest absolute Gasteiger partial charge is 0.374 e. The van der Waals surface area contributed by atoms with E-state index in [2.05, 4.69) is 36.2 Å². The Morgan fingerprint density at radius 2 is 0.767 bits per heavy atom. The molecule has 4 fully saturated rings. The lowest BCUT2D eigenvalue weighted by Crippen LogP contribution is -2.45. The van der Waals surface area contributed by atoms with E-state index in [4.69, 9.17) is 33.2 Å². The van der Waals surface area contributed by atoms with Crippen molar-refractivity contribution in [3.05, 3.63) is 171 Å². The number of halogens is 10. The van der Waals surface area contributed by atoms with Crippen LogP contribution in [0.2, 0.25) is 0 Å². The molecule has 26 nitrogen and oxygen atoms in total. The van der Waals surface area contributed by atoms with Crippen molar-refractivity contribution < 1.29 is 123 Å². The average Bonchev–Trinajstić information content (AvgIpc) is 1.09. The molecule has 5 aliphatic heterocycles. The van der Waals surface area contributed by atoms with Crippen LogP contribution in [0.25, 0.3) is 0 Å². The van der Waals surface area contributed by atoms with Gasteiger partial charge in [0.1, 0.15) is 48.1 Å². The minimum absolute atomic E-state index is 0.0170. The minimum atomic E-state index is -4.94. The van der Waals surface area contributed by atoms with Crippen molar-refractivity contribution in [1.29, 1.82) is 0 Å². The van der Waals surface area contributed by atoms with Crippen LogP contribution in [0, 0.1) is 27.7 Å². The Morgan fingerprint density at radius 1 is 0.442 bits per heavy atom. The lowest BCUT2D eigenvalue weighted by Gasteiger charge is -2.38. The van der Waals surface area contributed by atoms with Crippen LogP contribution in [-0.2, 0) is 112 Å². The predicted molar refractivity (Wildman–Crippen MR) is 430 cm³/mol. The summed E-state index contributed by atoms with van der Waals surface area (Å²) in [5.41, 5.74) is 5.15. The molecule has 4 aromatic carbocycles. The van der Waals surface area contributed by atoms with Crippen LogP contribution in [0.4, 0.5) is 39.5 Å². The van der Waals surface area contributed by atoms with Gasteiger partial charge >= 0.3 is 18.5 Å². The first-order valence-electron chi connectivity index (χ1n) is 37.2. The van der Waals surface area contributed by atoms with Gasteiger partial charge in [0.05, 0.1) is 74.1 Å². The number of aliphatic imine (C=N–C) groups is 1. The molecular formula is C77H95BrF9N7O19S7. The van der Waals surface area contributed by atoms with E-state index in [1.165, 1.54) is 37.1 Å². The number of ether oxygens (including phenoxy) is 7. The summed E-state index contributed by atoms with van der Waals surface area (Å²) in [5, 5.41) is 11.1. The first-order valence-corrected chi connectivity index (χ1v) is 48.3. The number of nitrogens with zero attached hydrogens (tertiary/aromatic N) is 7. The number of sulfone groups is 6. The van der Waals surface area contributed by atoms with Crippen molar-refractivity contribution in [2.24, 2.45) is 4.99 Å². The molecule has 7 aromatic rings. The molecule has 43 heteroatoms. The Labute approximate surface area is 705 Å². The van der Waals surface area contributed by atoms with Crippen molar-refractivity contribution in [3.63, 3.8) is 0 Å². The number of rotatable bonds is 23. The van der Waals surface area contributed by atoms with Gasteiger partial charge in [-0.25, -0.2) is 64.6 Å². The Bertz CT molecular complexity index is 5620. The number of hydrogen-bond acceptors (Lipinski definition) is 24. The summed E-state index contributed by atoms with van der Waals surface area (Å²) in [6.45, 7) is 14.6. The van der Waals surface area contributed by atoms with Gasteiger partial charge in [-0.1, -0.05) is 60.3 Å². The Balaban J connectivity index is 0.000000183. The normalized spacial score (nSPS) is 23.6. The molecular weight excluding hydrogens is 1800 g/mol. The third kappa shape index (κ3) is 23.4. The third-order valence-corrected chi connectivity index (χ3v) is 35.7. The monoisotopic (exact) mass is 1900 g/mol. The summed E-state index contributed by atoms with van der Waals surface area (Å²) >= 11 is 3.94. The van der Waals surface area contributed by atoms with Crippen molar-refractivity contribution in [2.45, 2.75) is 219 Å². The highest BCUT2D eigenvalue weighted by Gasteiger charge is 2.51. The van der Waals surface area contributed by atoms with E-state index in [-0.39, 0.29) is 110 Å². The lowest BCUT2D eigenvalue weighted by atomic mass is 9.92. The predicted octanol–water partition coefficient (Wildman–Crippen LogP) is 14.4. The maximum atomic E-state index is 13.4. The highest BCUT2D eigenvalue weighted by Crippen LogP contribution is 2.47. The van der Waals surface area contributed by atoms with Crippen LogP contribution in [0.15, 0.2) is 166 Å². The van der Waals surface area contributed by atoms with Gasteiger partial charge in [0.2, 0.25) is 19.7 Å². The molecule has 8 atom stereocenters. The van der Waals surface area contributed by atoms with Crippen LogP contribution in [0.3, 0.4) is 0 Å². The summed E-state index contributed by atoms with van der Waals surface area (Å²) in [6, 6.07) is 31.3. The molecule has 8 unspecified atom stereocenters. The van der Waals surface area contributed by atoms with Gasteiger partial charge in [-0.15, -0.1) is 0 Å². The third-order valence-electron chi connectivity index (χ3n) is 21.0. The number of aromatic nitrogens is 6. The number of benzene rings is 4. The highest BCUT2D eigenvalue weighted by molar-refractivity contribution is 9.10. The van der Waals surface area contributed by atoms with Gasteiger partial charge in [-0.05, 0) is 217 Å². The van der Waals surface area contributed by atoms with Gasteiger partial charge in [0, 0.05) is 53.8 Å². The fraction of sp³-hybridized carbons (Fsp3) is 0.532. The number of methoxy groups -OCH3 is 3. The van der Waals surface area contributed by atoms with E-state index in [1.807, 2.05) is 39.0 Å². The SMILES string of the molecule is COCn1nc(Br)cc1C1CC(C)(S(=O)(=O)c2cccc(C)c2)CCO1.COCn1nc(S(=O)(=O)CC(F)(F)F)cc1C1CC(C)(S(=O)(=O)c2cccc(C)c2)CCO1.COCn1nc(SCC(F)(F)F)cc1C1CC(C)(S(=O)(=O)c2cccc(C)c2)CCO1.Cc1cccc(S(=O)(=O)C2(C)CCOC(C3=CC(S(=O)(=O)CC(F)(F)F)=NC3)C2)c1. The average molecular weight is 1900 g/mol. The number of hydrogen-bond donors (Lipinski definition) is 0. The van der Waals surface area contributed by atoms with Crippen LogP contribution in [-0.4, -0.2) is 200 Å². The van der Waals surface area contributed by atoms with Crippen LogP contribution >= 0.6 is 27.7 Å². The zero-order chi connectivity index (χ0) is 88.8. The molecule has 0 spiro atoms. The van der Waals surface area contributed by atoms with Crippen molar-refractivity contribution in [3.8, 4) is 0 Å². The van der Waals surface area contributed by atoms with E-state index in [0.717, 1.165) is 44.8 Å². The summed E-state index contributed by atoms with van der Waals surface area (Å²) < 4.78 is 308. The molecule has 664 valence electrons. The van der Waals surface area contributed by atoms with Crippen molar-refractivity contribution in [2.75, 3.05) is 71.6 Å². The second kappa shape index (κ2) is 38.2. The molecule has 0 radical (unpaired) electrons. The largest absolute Gasteiger partial charge is 0.403 e. The summed E-state index contributed by atoms with van der Waals surface area (Å²) in [7, 11) is -19.7. The van der Waals surface area contributed by atoms with Gasteiger partial charge in [0.25, 0.3) is 0 Å². The van der Waals surface area contributed by atoms with Crippen LogP contribution in [0.1, 0.15) is 137 Å². The Morgan fingerprint density at radius 3 is 1.12 bits per heavy atom. The topological polar surface area (TPSA) is 335 Å². The first-order chi connectivity index (χ1) is 55.6. The minimum Gasteiger partial charge on any atom is -0.374 e. The fourth-order valence-corrected chi connectivity index (χ4v) is 25.3. The van der Waals surface area contributed by atoms with E-state index in [9.17, 15) is 90.0 Å². The Hall–Kier alpha value is -6.46. The van der Waals surface area contributed by atoms with Crippen LogP contribution < -0.4 is 0 Å². The fourth-order valence-electron chi connectivity index (χ4n) is 14.4. The summed E-state index contributed by atoms with van der Waals surface area (Å²) in [6.07, 6.45) is -14.0. The molecule has 120 heavy (non-hydrogen) atoms. The second-order valence-electron chi connectivity index (χ2n) is 30.8. The molecule has 12 rings (SSSR count). The zero-order valence-electron chi connectivity index (χ0n) is 67.3. The quantitative estimate of drug-likeness (QED) is 0.0424.